The molecule has 1 N–H and O–H groups in total. The summed E-state index contributed by atoms with van der Waals surface area (Å²) in [4.78, 5) is 0. The van der Waals surface area contributed by atoms with Crippen LogP contribution in [-0.4, -0.2) is 45.1 Å². The molecule has 5 heteroatoms. The van der Waals surface area contributed by atoms with E-state index in [4.69, 9.17) is 13.9 Å². The molecule has 1 aliphatic heterocycles. The first-order valence-electron chi connectivity index (χ1n) is 11.2. The average molecular weight is 409 g/mol. The Balaban J connectivity index is 1.34. The summed E-state index contributed by atoms with van der Waals surface area (Å²) in [5.74, 6) is 6.64. The van der Waals surface area contributed by atoms with Crippen molar-refractivity contribution in [1.29, 1.82) is 0 Å². The van der Waals surface area contributed by atoms with E-state index in [0.29, 0.717) is 18.3 Å². The van der Waals surface area contributed by atoms with Crippen molar-refractivity contribution in [2.24, 2.45) is 11.3 Å². The molecule has 3 aliphatic rings. The molecule has 0 bridgehead atoms. The minimum atomic E-state index is -1.60. The molecule has 0 aromatic heterocycles. The molecule has 1 spiro atoms. The number of rotatable bonds is 7. The smallest absolute Gasteiger partial charge is 0.191 e. The van der Waals surface area contributed by atoms with Gasteiger partial charge in [-0.1, -0.05) is 39.5 Å². The van der Waals surface area contributed by atoms with Gasteiger partial charge in [0.25, 0.3) is 0 Å². The average Bonchev–Trinajstić information content (AvgIpc) is 3.17. The minimum Gasteiger partial charge on any atom is -0.417 e. The fourth-order valence-corrected chi connectivity index (χ4v) is 5.84. The molecular weight excluding hydrogens is 368 g/mol. The van der Waals surface area contributed by atoms with Gasteiger partial charge in [-0.25, -0.2) is 0 Å². The maximum Gasteiger partial charge on any atom is 0.191 e. The Hall–Kier alpha value is -0.383. The summed E-state index contributed by atoms with van der Waals surface area (Å²) in [6, 6.07) is 0. The number of aliphatic hydroxyl groups is 1. The Labute approximate surface area is 172 Å². The summed E-state index contributed by atoms with van der Waals surface area (Å²) in [5.41, 5.74) is -0.276. The van der Waals surface area contributed by atoms with Crippen molar-refractivity contribution in [3.63, 3.8) is 0 Å². The summed E-state index contributed by atoms with van der Waals surface area (Å²) < 4.78 is 18.0. The molecule has 2 saturated carbocycles. The van der Waals surface area contributed by atoms with E-state index >= 15 is 0 Å². The molecular formula is C23H40O4Si. The van der Waals surface area contributed by atoms with Crippen molar-refractivity contribution >= 4 is 8.32 Å². The van der Waals surface area contributed by atoms with Crippen LogP contribution in [0.1, 0.15) is 72.1 Å². The van der Waals surface area contributed by atoms with Gasteiger partial charge in [0.05, 0.1) is 24.7 Å². The highest BCUT2D eigenvalue weighted by atomic mass is 28.4. The summed E-state index contributed by atoms with van der Waals surface area (Å²) in [7, 11) is -1.60. The first-order valence-corrected chi connectivity index (χ1v) is 14.1. The van der Waals surface area contributed by atoms with Crippen LogP contribution in [0.4, 0.5) is 0 Å². The third-order valence-electron chi connectivity index (χ3n) is 7.58. The summed E-state index contributed by atoms with van der Waals surface area (Å²) >= 11 is 0. The second-order valence-corrected chi connectivity index (χ2v) is 15.3. The standard InChI is InChI=1S/C23H40O4Si/c1-21(2,3)28(4,5)27-15-11-9-7-6-8-10-14-22-18-23(25-16-17-26-23)19(22)12-13-20(22)24/h19-20,24H,6-9,11-13,15-18H2,1-5H3/t19?,20-,22?/m0/s1. The molecule has 2 aliphatic carbocycles. The van der Waals surface area contributed by atoms with Gasteiger partial charge in [0, 0.05) is 25.4 Å². The monoisotopic (exact) mass is 408 g/mol. The second-order valence-electron chi connectivity index (χ2n) is 10.4. The molecule has 4 nitrogen and oxygen atoms in total. The van der Waals surface area contributed by atoms with Crippen molar-refractivity contribution in [3.05, 3.63) is 0 Å². The van der Waals surface area contributed by atoms with Gasteiger partial charge in [-0.15, -0.1) is 5.92 Å². The van der Waals surface area contributed by atoms with Gasteiger partial charge < -0.3 is 19.0 Å². The molecule has 0 aromatic carbocycles. The number of unbranched alkanes of at least 4 members (excludes halogenated alkanes) is 4. The van der Waals surface area contributed by atoms with Crippen LogP contribution in [0.3, 0.4) is 0 Å². The molecule has 3 fully saturated rings. The molecule has 0 amide bonds. The number of hydrogen-bond acceptors (Lipinski definition) is 4. The number of hydrogen-bond donors (Lipinski definition) is 1. The van der Waals surface area contributed by atoms with Crippen LogP contribution in [0.25, 0.3) is 0 Å². The molecule has 3 rings (SSSR count). The van der Waals surface area contributed by atoms with Crippen LogP contribution in [0.5, 0.6) is 0 Å². The third kappa shape index (κ3) is 4.22. The van der Waals surface area contributed by atoms with E-state index in [1.807, 2.05) is 0 Å². The van der Waals surface area contributed by atoms with Gasteiger partial charge >= 0.3 is 0 Å². The summed E-state index contributed by atoms with van der Waals surface area (Å²) in [6.45, 7) is 13.7. The number of ether oxygens (including phenoxy) is 2. The van der Waals surface area contributed by atoms with Gasteiger partial charge in [-0.2, -0.15) is 0 Å². The van der Waals surface area contributed by atoms with E-state index in [1.165, 1.54) is 12.8 Å². The largest absolute Gasteiger partial charge is 0.417 e. The van der Waals surface area contributed by atoms with Crippen LogP contribution < -0.4 is 0 Å². The van der Waals surface area contributed by atoms with Crippen LogP contribution in [0, 0.1) is 23.2 Å². The van der Waals surface area contributed by atoms with Crippen molar-refractivity contribution in [3.8, 4) is 11.8 Å². The Kier molecular flexibility index (Phi) is 6.69. The maximum atomic E-state index is 10.5. The molecule has 160 valence electrons. The predicted molar refractivity (Wildman–Crippen MR) is 114 cm³/mol. The first-order chi connectivity index (χ1) is 13.1. The number of fused-ring (bicyclic) bond motifs is 2. The molecule has 3 atom stereocenters. The zero-order chi connectivity index (χ0) is 20.5. The highest BCUT2D eigenvalue weighted by Gasteiger charge is 2.71. The molecule has 1 heterocycles. The van der Waals surface area contributed by atoms with Gasteiger partial charge in [0.2, 0.25) is 0 Å². The van der Waals surface area contributed by atoms with E-state index < -0.39 is 14.1 Å². The van der Waals surface area contributed by atoms with Crippen molar-refractivity contribution < 1.29 is 19.0 Å². The van der Waals surface area contributed by atoms with Crippen molar-refractivity contribution in [2.75, 3.05) is 19.8 Å². The molecule has 1 saturated heterocycles. The van der Waals surface area contributed by atoms with Gasteiger partial charge in [0.15, 0.2) is 14.1 Å². The normalized spacial score (nSPS) is 31.4. The number of aliphatic hydroxyl groups excluding tert-OH is 1. The summed E-state index contributed by atoms with van der Waals surface area (Å²) in [5, 5.41) is 10.8. The fraction of sp³-hybridized carbons (Fsp3) is 0.913. The molecule has 28 heavy (non-hydrogen) atoms. The molecule has 0 radical (unpaired) electrons. The van der Waals surface area contributed by atoms with E-state index in [1.54, 1.807) is 0 Å². The van der Waals surface area contributed by atoms with Crippen LogP contribution in [0.15, 0.2) is 0 Å². The first kappa shape index (κ1) is 22.3. The minimum absolute atomic E-state index is 0.248. The second kappa shape index (κ2) is 8.39. The quantitative estimate of drug-likeness (QED) is 0.371. The lowest BCUT2D eigenvalue weighted by Crippen LogP contribution is -2.62. The predicted octanol–water partition coefficient (Wildman–Crippen LogP) is 4.87. The zero-order valence-corrected chi connectivity index (χ0v) is 19.6. The Morgan fingerprint density at radius 3 is 2.43 bits per heavy atom. The lowest BCUT2D eigenvalue weighted by atomic mass is 9.57. The van der Waals surface area contributed by atoms with Crippen molar-refractivity contribution in [1.82, 2.24) is 0 Å². The Bertz CT molecular complexity index is 594. The lowest BCUT2D eigenvalue weighted by molar-refractivity contribution is -0.296. The maximum absolute atomic E-state index is 10.5. The lowest BCUT2D eigenvalue weighted by Gasteiger charge is -2.55. The van der Waals surface area contributed by atoms with Crippen molar-refractivity contribution in [2.45, 2.75) is 102 Å². The Morgan fingerprint density at radius 1 is 1.07 bits per heavy atom. The zero-order valence-electron chi connectivity index (χ0n) is 18.6. The van der Waals surface area contributed by atoms with Gasteiger partial charge in [-0.05, 0) is 43.8 Å². The highest BCUT2D eigenvalue weighted by Crippen LogP contribution is 2.65. The summed E-state index contributed by atoms with van der Waals surface area (Å²) in [6.07, 6.45) is 7.79. The fourth-order valence-electron chi connectivity index (χ4n) is 4.75. The van der Waals surface area contributed by atoms with E-state index in [0.717, 1.165) is 45.1 Å². The van der Waals surface area contributed by atoms with E-state index in [2.05, 4.69) is 45.7 Å². The van der Waals surface area contributed by atoms with E-state index in [9.17, 15) is 5.11 Å². The topological polar surface area (TPSA) is 47.9 Å². The van der Waals surface area contributed by atoms with Gasteiger partial charge in [-0.3, -0.25) is 0 Å². The SMILES string of the molecule is CC(C)(C)[Si](C)(C)OCCCCCCC#CC12CC3(OCCO3)C1CC[C@@H]2O. The molecule has 0 aromatic rings. The van der Waals surface area contributed by atoms with Crippen LogP contribution in [0.2, 0.25) is 18.1 Å². The Morgan fingerprint density at radius 2 is 1.75 bits per heavy atom. The highest BCUT2D eigenvalue weighted by molar-refractivity contribution is 6.74. The van der Waals surface area contributed by atoms with Crippen LogP contribution in [-0.2, 0) is 13.9 Å². The van der Waals surface area contributed by atoms with Gasteiger partial charge in [0.1, 0.15) is 0 Å². The third-order valence-corrected chi connectivity index (χ3v) is 12.1. The van der Waals surface area contributed by atoms with E-state index in [-0.39, 0.29) is 17.4 Å². The van der Waals surface area contributed by atoms with Crippen LogP contribution >= 0.6 is 0 Å². The molecule has 2 unspecified atom stereocenters.